The van der Waals surface area contributed by atoms with Crippen molar-refractivity contribution in [2.24, 2.45) is 0 Å². The molecule has 1 rings (SSSR count). The molecule has 0 bridgehead atoms. The van der Waals surface area contributed by atoms with E-state index in [9.17, 15) is 14.2 Å². The maximum atomic E-state index is 10.8. The summed E-state index contributed by atoms with van der Waals surface area (Å²) in [6, 6.07) is 3.42. The number of carbonyl (C=O) groups is 2. The summed E-state index contributed by atoms with van der Waals surface area (Å²) in [5.74, 6) is -2.98. The van der Waals surface area contributed by atoms with Crippen molar-refractivity contribution in [1.29, 1.82) is 0 Å². The summed E-state index contributed by atoms with van der Waals surface area (Å²) in [5, 5.41) is 17.1. The van der Waals surface area contributed by atoms with Gasteiger partial charge in [0.1, 0.15) is 0 Å². The zero-order chi connectivity index (χ0) is 11.6. The van der Waals surface area contributed by atoms with Gasteiger partial charge in [-0.15, -0.1) is 0 Å². The third-order valence-corrected chi connectivity index (χ3v) is 2.62. The second-order valence-corrected chi connectivity index (χ2v) is 3.79. The molecule has 0 radical (unpaired) electrons. The second-order valence-electron chi connectivity index (χ2n) is 2.64. The minimum Gasteiger partial charge on any atom is -0.478 e. The summed E-state index contributed by atoms with van der Waals surface area (Å²) >= 11 is 0. The summed E-state index contributed by atoms with van der Waals surface area (Å²) in [6.07, 6.45) is 0. The van der Waals surface area contributed by atoms with Crippen LogP contribution in [0.4, 0.5) is 0 Å². The minimum absolute atomic E-state index is 0.354. The lowest BCUT2D eigenvalue weighted by molar-refractivity contribution is 0.0652. The van der Waals surface area contributed by atoms with Crippen LogP contribution in [-0.4, -0.2) is 27.0 Å². The monoisotopic (exact) mass is 230 g/mol. The van der Waals surface area contributed by atoms with Gasteiger partial charge in [0.05, 0.1) is 11.1 Å². The Morgan fingerprint density at radius 3 is 2.13 bits per heavy atom. The number of hydrogen-bond acceptors (Lipinski definition) is 3. The number of hydrogen-bond donors (Lipinski definition) is 3. The first-order chi connectivity index (χ1) is 6.95. The lowest BCUT2D eigenvalue weighted by Gasteiger charge is -2.05. The van der Waals surface area contributed by atoms with Gasteiger partial charge in [0.15, 0.2) is 0 Å². The van der Waals surface area contributed by atoms with Crippen LogP contribution >= 0.6 is 8.03 Å². The Kier molecular flexibility index (Phi) is 3.24. The van der Waals surface area contributed by atoms with Crippen molar-refractivity contribution in [2.45, 2.75) is 0 Å². The summed E-state index contributed by atoms with van der Waals surface area (Å²) in [7, 11) is -3.24. The molecule has 1 atom stereocenters. The fraction of sp³-hybridized carbons (Fsp3) is 0. The van der Waals surface area contributed by atoms with Crippen LogP contribution in [0.5, 0.6) is 0 Å². The van der Waals surface area contributed by atoms with E-state index < -0.39 is 31.1 Å². The number of aromatic carboxylic acids is 2. The topological polar surface area (TPSA) is 112 Å². The molecular formula is C8H7O6P. The van der Waals surface area contributed by atoms with Gasteiger partial charge in [0.25, 0.3) is 0 Å². The number of carboxylic acid groups (broad SMARTS) is 2. The van der Waals surface area contributed by atoms with Crippen LogP contribution in [-0.2, 0) is 4.57 Å². The molecule has 15 heavy (non-hydrogen) atoms. The number of rotatable bonds is 3. The van der Waals surface area contributed by atoms with E-state index in [0.717, 1.165) is 12.1 Å². The highest BCUT2D eigenvalue weighted by Crippen LogP contribution is 2.19. The van der Waals surface area contributed by atoms with Gasteiger partial charge in [0, 0.05) is 5.30 Å². The molecule has 0 saturated carbocycles. The van der Waals surface area contributed by atoms with Gasteiger partial charge in [-0.05, 0) is 12.1 Å². The van der Waals surface area contributed by atoms with Gasteiger partial charge in [-0.2, -0.15) is 0 Å². The van der Waals surface area contributed by atoms with E-state index in [1.807, 2.05) is 0 Å². The van der Waals surface area contributed by atoms with Crippen molar-refractivity contribution in [2.75, 3.05) is 0 Å². The predicted octanol–water partition coefficient (Wildman–Crippen LogP) is 0.175. The molecule has 0 saturated heterocycles. The van der Waals surface area contributed by atoms with E-state index in [-0.39, 0.29) is 5.30 Å². The Labute approximate surface area is 84.7 Å². The van der Waals surface area contributed by atoms with E-state index in [0.29, 0.717) is 0 Å². The molecule has 0 aliphatic carbocycles. The highest BCUT2D eigenvalue weighted by molar-refractivity contribution is 7.47. The molecule has 0 aliphatic heterocycles. The zero-order valence-corrected chi connectivity index (χ0v) is 8.30. The smallest absolute Gasteiger partial charge is 0.337 e. The zero-order valence-electron chi connectivity index (χ0n) is 7.30. The van der Waals surface area contributed by atoms with Gasteiger partial charge in [0.2, 0.25) is 8.03 Å². The van der Waals surface area contributed by atoms with E-state index in [1.54, 1.807) is 0 Å². The maximum absolute atomic E-state index is 10.8. The Hall–Kier alpha value is -1.65. The highest BCUT2D eigenvalue weighted by atomic mass is 31.1. The molecule has 80 valence electrons. The summed E-state index contributed by atoms with van der Waals surface area (Å²) in [4.78, 5) is 30.3. The van der Waals surface area contributed by atoms with Crippen LogP contribution in [0.15, 0.2) is 18.2 Å². The Morgan fingerprint density at radius 1 is 1.13 bits per heavy atom. The van der Waals surface area contributed by atoms with E-state index in [2.05, 4.69) is 0 Å². The van der Waals surface area contributed by atoms with Gasteiger partial charge >= 0.3 is 11.9 Å². The Morgan fingerprint density at radius 2 is 1.73 bits per heavy atom. The average molecular weight is 230 g/mol. The van der Waals surface area contributed by atoms with Gasteiger partial charge in [-0.25, -0.2) is 9.59 Å². The van der Waals surface area contributed by atoms with Crippen LogP contribution in [0.25, 0.3) is 0 Å². The van der Waals surface area contributed by atoms with Crippen LogP contribution in [0.2, 0.25) is 0 Å². The third-order valence-electron chi connectivity index (χ3n) is 1.74. The SMILES string of the molecule is O=C(O)c1cccc([PH](=O)O)c1C(=O)O. The maximum Gasteiger partial charge on any atom is 0.337 e. The van der Waals surface area contributed by atoms with Crippen LogP contribution in [0.3, 0.4) is 0 Å². The lowest BCUT2D eigenvalue weighted by atomic mass is 10.1. The molecule has 1 unspecified atom stereocenters. The molecule has 1 aromatic carbocycles. The molecule has 0 spiro atoms. The molecule has 3 N–H and O–H groups in total. The van der Waals surface area contributed by atoms with E-state index >= 15 is 0 Å². The Bertz CT molecular complexity index is 420. The standard InChI is InChI=1S/C8H7O6P/c9-7(10)4-2-1-3-5(15(13)14)6(4)8(11)12/h1-3,15H,(H,9,10)(H,11,12)(H,13,14). The molecule has 0 aromatic heterocycles. The van der Waals surface area contributed by atoms with Crippen LogP contribution in [0.1, 0.15) is 20.7 Å². The van der Waals surface area contributed by atoms with Crippen molar-refractivity contribution in [3.63, 3.8) is 0 Å². The summed E-state index contributed by atoms with van der Waals surface area (Å²) in [6.45, 7) is 0. The highest BCUT2D eigenvalue weighted by Gasteiger charge is 2.21. The fourth-order valence-electron chi connectivity index (χ4n) is 1.14. The second kappa shape index (κ2) is 4.25. The molecule has 0 fully saturated rings. The quantitative estimate of drug-likeness (QED) is 0.638. The summed E-state index contributed by atoms with van der Waals surface area (Å²) in [5.41, 5.74) is -1.12. The molecule has 7 heteroatoms. The lowest BCUT2D eigenvalue weighted by Crippen LogP contribution is -2.18. The molecule has 6 nitrogen and oxygen atoms in total. The fourth-order valence-corrected chi connectivity index (χ4v) is 1.83. The summed E-state index contributed by atoms with van der Waals surface area (Å²) < 4.78 is 10.8. The first-order valence-corrected chi connectivity index (χ1v) is 5.13. The number of carboxylic acids is 2. The van der Waals surface area contributed by atoms with Crippen molar-refractivity contribution in [1.82, 2.24) is 0 Å². The third kappa shape index (κ3) is 2.23. The molecular weight excluding hydrogens is 223 g/mol. The molecule has 0 heterocycles. The van der Waals surface area contributed by atoms with Crippen molar-refractivity contribution >= 4 is 25.3 Å². The molecule has 0 aliphatic rings. The molecule has 0 amide bonds. The molecule has 1 aromatic rings. The average Bonchev–Trinajstić information content (AvgIpc) is 2.16. The van der Waals surface area contributed by atoms with E-state index in [4.69, 9.17) is 15.1 Å². The normalized spacial score (nSPS) is 12.1. The van der Waals surface area contributed by atoms with Crippen molar-refractivity contribution < 1.29 is 29.3 Å². The predicted molar refractivity (Wildman–Crippen MR) is 51.2 cm³/mol. The first kappa shape index (κ1) is 11.4. The van der Waals surface area contributed by atoms with Gasteiger partial charge < -0.3 is 15.1 Å². The van der Waals surface area contributed by atoms with E-state index in [1.165, 1.54) is 6.07 Å². The van der Waals surface area contributed by atoms with Crippen molar-refractivity contribution in [3.8, 4) is 0 Å². The largest absolute Gasteiger partial charge is 0.478 e. The van der Waals surface area contributed by atoms with Crippen LogP contribution < -0.4 is 5.30 Å². The first-order valence-electron chi connectivity index (χ1n) is 3.78. The van der Waals surface area contributed by atoms with Gasteiger partial charge in [-0.1, -0.05) is 6.07 Å². The van der Waals surface area contributed by atoms with Crippen molar-refractivity contribution in [3.05, 3.63) is 29.3 Å². The number of benzene rings is 1. The Balaban J connectivity index is 3.56. The minimum atomic E-state index is -3.24. The van der Waals surface area contributed by atoms with Gasteiger partial charge in [-0.3, -0.25) is 4.57 Å². The van der Waals surface area contributed by atoms with Crippen LogP contribution in [0, 0.1) is 0 Å².